The van der Waals surface area contributed by atoms with Crippen molar-refractivity contribution in [2.24, 2.45) is 0 Å². The number of thiazole rings is 1. The predicted octanol–water partition coefficient (Wildman–Crippen LogP) is 5.70. The first-order valence-corrected chi connectivity index (χ1v) is 9.62. The molecule has 0 saturated heterocycles. The van der Waals surface area contributed by atoms with Crippen LogP contribution in [0.1, 0.15) is 12.6 Å². The molecule has 0 radical (unpaired) electrons. The second kappa shape index (κ2) is 8.54. The summed E-state index contributed by atoms with van der Waals surface area (Å²) in [5.74, 6) is 0.579. The van der Waals surface area contributed by atoms with Gasteiger partial charge in [0, 0.05) is 5.38 Å². The maximum atomic E-state index is 12.3. The van der Waals surface area contributed by atoms with E-state index in [1.54, 1.807) is 18.2 Å². The summed E-state index contributed by atoms with van der Waals surface area (Å²) < 4.78 is 5.65. The molecule has 3 aromatic rings. The number of nitrogens with zero attached hydrogens (tertiary/aromatic N) is 1. The molecule has 0 fully saturated rings. The molecule has 0 aliphatic heterocycles. The first-order chi connectivity index (χ1) is 12.6. The van der Waals surface area contributed by atoms with E-state index in [0.29, 0.717) is 28.0 Å². The van der Waals surface area contributed by atoms with Crippen LogP contribution in [0.2, 0.25) is 10.0 Å². The Morgan fingerprint density at radius 3 is 2.81 bits per heavy atom. The van der Waals surface area contributed by atoms with E-state index in [4.69, 9.17) is 27.9 Å². The topological polar surface area (TPSA) is 51.2 Å². The van der Waals surface area contributed by atoms with E-state index in [2.05, 4.69) is 10.3 Å². The standard InChI is InChI=1S/C19H16Cl2N2O2S/c1-2-25-16-9-4-3-6-13(16)19-22-12(11-26-19)10-17(24)23-15-8-5-7-14(20)18(15)21/h3-9,11H,2,10H2,1H3,(H,23,24). The van der Waals surface area contributed by atoms with Gasteiger partial charge < -0.3 is 10.1 Å². The van der Waals surface area contributed by atoms with Crippen LogP contribution in [0, 0.1) is 0 Å². The fourth-order valence-corrected chi connectivity index (χ4v) is 3.59. The Kier molecular flexibility index (Phi) is 6.14. The highest BCUT2D eigenvalue weighted by atomic mass is 35.5. The van der Waals surface area contributed by atoms with Crippen molar-refractivity contribution in [1.29, 1.82) is 0 Å². The average Bonchev–Trinajstić information content (AvgIpc) is 3.08. The van der Waals surface area contributed by atoms with Crippen molar-refractivity contribution in [3.63, 3.8) is 0 Å². The number of para-hydroxylation sites is 1. The highest BCUT2D eigenvalue weighted by Gasteiger charge is 2.13. The van der Waals surface area contributed by atoms with Crippen LogP contribution >= 0.6 is 34.5 Å². The number of benzene rings is 2. The van der Waals surface area contributed by atoms with Gasteiger partial charge in [0.05, 0.1) is 40.0 Å². The van der Waals surface area contributed by atoms with E-state index < -0.39 is 0 Å². The first-order valence-electron chi connectivity index (χ1n) is 7.99. The minimum absolute atomic E-state index is 0.149. The normalized spacial score (nSPS) is 10.6. The van der Waals surface area contributed by atoms with Crippen molar-refractivity contribution in [1.82, 2.24) is 4.98 Å². The molecule has 0 atom stereocenters. The Labute approximate surface area is 165 Å². The monoisotopic (exact) mass is 406 g/mol. The third-order valence-corrected chi connectivity index (χ3v) is 5.28. The van der Waals surface area contributed by atoms with Crippen LogP contribution in [-0.4, -0.2) is 17.5 Å². The van der Waals surface area contributed by atoms with E-state index in [9.17, 15) is 4.79 Å². The molecule has 2 aromatic carbocycles. The van der Waals surface area contributed by atoms with E-state index in [-0.39, 0.29) is 12.3 Å². The predicted molar refractivity (Wildman–Crippen MR) is 108 cm³/mol. The van der Waals surface area contributed by atoms with E-state index in [0.717, 1.165) is 16.3 Å². The number of aromatic nitrogens is 1. The zero-order chi connectivity index (χ0) is 18.5. The zero-order valence-electron chi connectivity index (χ0n) is 14.0. The lowest BCUT2D eigenvalue weighted by Crippen LogP contribution is -2.14. The molecule has 0 saturated carbocycles. The van der Waals surface area contributed by atoms with Crippen LogP contribution in [0.15, 0.2) is 47.8 Å². The molecule has 4 nitrogen and oxygen atoms in total. The minimum atomic E-state index is -0.205. The van der Waals surface area contributed by atoms with Gasteiger partial charge in [0.2, 0.25) is 5.91 Å². The lowest BCUT2D eigenvalue weighted by atomic mass is 10.2. The summed E-state index contributed by atoms with van der Waals surface area (Å²) in [5, 5.41) is 6.18. The number of anilines is 1. The first kappa shape index (κ1) is 18.7. The van der Waals surface area contributed by atoms with Crippen LogP contribution in [0.5, 0.6) is 5.75 Å². The summed E-state index contributed by atoms with van der Waals surface area (Å²) in [7, 11) is 0. The Bertz CT molecular complexity index is 927. The number of amides is 1. The average molecular weight is 407 g/mol. The largest absolute Gasteiger partial charge is 0.493 e. The summed E-state index contributed by atoms with van der Waals surface area (Å²) in [6, 6.07) is 12.8. The molecule has 1 aromatic heterocycles. The third-order valence-electron chi connectivity index (χ3n) is 3.54. The zero-order valence-corrected chi connectivity index (χ0v) is 16.3. The van der Waals surface area contributed by atoms with Gasteiger partial charge in [-0.15, -0.1) is 11.3 Å². The highest BCUT2D eigenvalue weighted by molar-refractivity contribution is 7.13. The summed E-state index contributed by atoms with van der Waals surface area (Å²) in [4.78, 5) is 16.9. The molecular weight excluding hydrogens is 391 g/mol. The Balaban J connectivity index is 1.73. The number of ether oxygens (including phenoxy) is 1. The molecule has 1 N–H and O–H groups in total. The van der Waals surface area contributed by atoms with Crippen LogP contribution < -0.4 is 10.1 Å². The Morgan fingerprint density at radius 1 is 1.19 bits per heavy atom. The fraction of sp³-hybridized carbons (Fsp3) is 0.158. The number of carbonyl (C=O) groups excluding carboxylic acids is 1. The highest BCUT2D eigenvalue weighted by Crippen LogP contribution is 2.33. The van der Waals surface area contributed by atoms with Crippen molar-refractivity contribution >= 4 is 46.1 Å². The van der Waals surface area contributed by atoms with Gasteiger partial charge in [-0.3, -0.25) is 4.79 Å². The van der Waals surface area contributed by atoms with E-state index in [1.807, 2.05) is 36.6 Å². The second-order valence-electron chi connectivity index (χ2n) is 5.40. The van der Waals surface area contributed by atoms with Gasteiger partial charge in [0.15, 0.2) is 0 Å². The van der Waals surface area contributed by atoms with Crippen LogP contribution in [0.4, 0.5) is 5.69 Å². The molecule has 1 amide bonds. The summed E-state index contributed by atoms with van der Waals surface area (Å²) >= 11 is 13.5. The fourth-order valence-electron chi connectivity index (χ4n) is 2.40. The number of hydrogen-bond donors (Lipinski definition) is 1. The van der Waals surface area contributed by atoms with Gasteiger partial charge in [-0.25, -0.2) is 4.98 Å². The lowest BCUT2D eigenvalue weighted by molar-refractivity contribution is -0.115. The van der Waals surface area contributed by atoms with Gasteiger partial charge in [-0.1, -0.05) is 41.4 Å². The molecule has 0 aliphatic carbocycles. The summed E-state index contributed by atoms with van der Waals surface area (Å²) in [6.07, 6.45) is 0.149. The molecular formula is C19H16Cl2N2O2S. The molecule has 1 heterocycles. The number of halogens is 2. The number of rotatable bonds is 6. The molecule has 0 unspecified atom stereocenters. The number of nitrogens with one attached hydrogen (secondary N) is 1. The van der Waals surface area contributed by atoms with Crippen LogP contribution in [0.3, 0.4) is 0 Å². The van der Waals surface area contributed by atoms with Gasteiger partial charge in [-0.05, 0) is 31.2 Å². The van der Waals surface area contributed by atoms with Gasteiger partial charge in [0.1, 0.15) is 10.8 Å². The van der Waals surface area contributed by atoms with Crippen LogP contribution in [-0.2, 0) is 11.2 Å². The van der Waals surface area contributed by atoms with Crippen molar-refractivity contribution in [2.45, 2.75) is 13.3 Å². The SMILES string of the molecule is CCOc1ccccc1-c1nc(CC(=O)Nc2cccc(Cl)c2Cl)cs1. The molecule has 134 valence electrons. The molecule has 0 bridgehead atoms. The van der Waals surface area contributed by atoms with Gasteiger partial charge >= 0.3 is 0 Å². The van der Waals surface area contributed by atoms with Crippen molar-refractivity contribution < 1.29 is 9.53 Å². The molecule has 7 heteroatoms. The molecule has 0 aliphatic rings. The Hall–Kier alpha value is -2.08. The number of carbonyl (C=O) groups is 1. The van der Waals surface area contributed by atoms with Crippen molar-refractivity contribution in [3.05, 3.63) is 63.6 Å². The van der Waals surface area contributed by atoms with Crippen molar-refractivity contribution in [2.75, 3.05) is 11.9 Å². The third kappa shape index (κ3) is 4.36. The van der Waals surface area contributed by atoms with Crippen LogP contribution in [0.25, 0.3) is 10.6 Å². The maximum Gasteiger partial charge on any atom is 0.230 e. The summed E-state index contributed by atoms with van der Waals surface area (Å²) in [5.41, 5.74) is 2.09. The van der Waals surface area contributed by atoms with E-state index in [1.165, 1.54) is 11.3 Å². The quantitative estimate of drug-likeness (QED) is 0.571. The lowest BCUT2D eigenvalue weighted by Gasteiger charge is -2.08. The molecule has 26 heavy (non-hydrogen) atoms. The van der Waals surface area contributed by atoms with Gasteiger partial charge in [0.25, 0.3) is 0 Å². The van der Waals surface area contributed by atoms with E-state index >= 15 is 0 Å². The molecule has 3 rings (SSSR count). The van der Waals surface area contributed by atoms with Gasteiger partial charge in [-0.2, -0.15) is 0 Å². The smallest absolute Gasteiger partial charge is 0.230 e. The number of hydrogen-bond acceptors (Lipinski definition) is 4. The molecule has 0 spiro atoms. The maximum absolute atomic E-state index is 12.3. The second-order valence-corrected chi connectivity index (χ2v) is 7.04. The minimum Gasteiger partial charge on any atom is -0.493 e. The Morgan fingerprint density at radius 2 is 2.00 bits per heavy atom. The van der Waals surface area contributed by atoms with Crippen molar-refractivity contribution in [3.8, 4) is 16.3 Å². The summed E-state index contributed by atoms with van der Waals surface area (Å²) in [6.45, 7) is 2.52.